The third-order valence-corrected chi connectivity index (χ3v) is 2.94. The van der Waals surface area contributed by atoms with Crippen LogP contribution in [0.25, 0.3) is 0 Å². The van der Waals surface area contributed by atoms with Gasteiger partial charge < -0.3 is 19.9 Å². The Bertz CT molecular complexity index is 458. The Hall–Kier alpha value is -1.91. The number of hydrogen-bond acceptors (Lipinski definition) is 4. The van der Waals surface area contributed by atoms with Crippen LogP contribution in [0.3, 0.4) is 0 Å². The van der Waals surface area contributed by atoms with Gasteiger partial charge in [0.2, 0.25) is 6.79 Å². The lowest BCUT2D eigenvalue weighted by Gasteiger charge is -2.07. The van der Waals surface area contributed by atoms with Gasteiger partial charge in [0.1, 0.15) is 0 Å². The predicted molar refractivity (Wildman–Crippen MR) is 56.0 cm³/mol. The Morgan fingerprint density at radius 2 is 2.19 bits per heavy atom. The van der Waals surface area contributed by atoms with Gasteiger partial charge in [-0.05, 0) is 11.6 Å². The third kappa shape index (κ3) is 1.36. The first-order chi connectivity index (χ1) is 7.74. The van der Waals surface area contributed by atoms with E-state index in [-0.39, 0.29) is 19.1 Å². The van der Waals surface area contributed by atoms with E-state index in [0.29, 0.717) is 12.3 Å². The Kier molecular flexibility index (Phi) is 1.92. The molecular weight excluding hydrogens is 210 g/mol. The Balaban J connectivity index is 1.96. The van der Waals surface area contributed by atoms with Crippen LogP contribution in [0.15, 0.2) is 12.1 Å². The number of nitrogens with one attached hydrogen (secondary N) is 1. The molecule has 0 spiro atoms. The van der Waals surface area contributed by atoms with Crippen LogP contribution in [0.2, 0.25) is 0 Å². The summed E-state index contributed by atoms with van der Waals surface area (Å²) in [6.45, 7) is 0.895. The second-order valence-electron chi connectivity index (χ2n) is 3.97. The lowest BCUT2D eigenvalue weighted by Crippen LogP contribution is -2.08. The summed E-state index contributed by atoms with van der Waals surface area (Å²) in [5, 5.41) is 12.0. The molecule has 3 rings (SSSR count). The highest BCUT2D eigenvalue weighted by Crippen LogP contribution is 2.43. The van der Waals surface area contributed by atoms with Gasteiger partial charge in [-0.2, -0.15) is 0 Å². The molecule has 1 atom stereocenters. The molecular formula is C11H11NO4. The molecule has 0 fully saturated rings. The molecule has 0 saturated carbocycles. The van der Waals surface area contributed by atoms with E-state index in [9.17, 15) is 4.79 Å². The number of anilines is 1. The average molecular weight is 221 g/mol. The van der Waals surface area contributed by atoms with Gasteiger partial charge in [-0.15, -0.1) is 0 Å². The van der Waals surface area contributed by atoms with Crippen molar-refractivity contribution in [1.82, 2.24) is 0 Å². The molecule has 2 heterocycles. The van der Waals surface area contributed by atoms with E-state index in [4.69, 9.17) is 14.6 Å². The summed E-state index contributed by atoms with van der Waals surface area (Å²) >= 11 is 0. The number of fused-ring (bicyclic) bond motifs is 2. The van der Waals surface area contributed by atoms with Gasteiger partial charge in [0, 0.05) is 24.2 Å². The van der Waals surface area contributed by atoms with Gasteiger partial charge in [-0.3, -0.25) is 4.79 Å². The van der Waals surface area contributed by atoms with Crippen molar-refractivity contribution in [2.75, 3.05) is 18.7 Å². The molecule has 0 radical (unpaired) electrons. The minimum Gasteiger partial charge on any atom is -0.481 e. The molecule has 1 unspecified atom stereocenters. The molecule has 1 aromatic rings. The molecule has 16 heavy (non-hydrogen) atoms. The third-order valence-electron chi connectivity index (χ3n) is 2.94. The largest absolute Gasteiger partial charge is 0.481 e. The average Bonchev–Trinajstić information content (AvgIpc) is 2.81. The molecule has 0 bridgehead atoms. The fourth-order valence-corrected chi connectivity index (χ4v) is 2.18. The van der Waals surface area contributed by atoms with Crippen molar-refractivity contribution in [3.8, 4) is 11.5 Å². The van der Waals surface area contributed by atoms with E-state index in [0.717, 1.165) is 17.0 Å². The molecule has 84 valence electrons. The Morgan fingerprint density at radius 3 is 2.94 bits per heavy atom. The zero-order valence-corrected chi connectivity index (χ0v) is 8.53. The van der Waals surface area contributed by atoms with E-state index in [1.807, 2.05) is 12.1 Å². The zero-order valence-electron chi connectivity index (χ0n) is 8.53. The topological polar surface area (TPSA) is 67.8 Å². The highest BCUT2D eigenvalue weighted by molar-refractivity contribution is 5.72. The zero-order chi connectivity index (χ0) is 11.1. The highest BCUT2D eigenvalue weighted by Gasteiger charge is 2.28. The maximum Gasteiger partial charge on any atom is 0.304 e. The smallest absolute Gasteiger partial charge is 0.304 e. The Labute approximate surface area is 92.0 Å². The van der Waals surface area contributed by atoms with Crippen molar-refractivity contribution in [1.29, 1.82) is 0 Å². The number of hydrogen-bond donors (Lipinski definition) is 2. The summed E-state index contributed by atoms with van der Waals surface area (Å²) in [6.07, 6.45) is 0.139. The number of carboxylic acids is 1. The summed E-state index contributed by atoms with van der Waals surface area (Å²) in [7, 11) is 0. The maximum absolute atomic E-state index is 10.7. The lowest BCUT2D eigenvalue weighted by atomic mass is 9.97. The summed E-state index contributed by atoms with van der Waals surface area (Å²) in [5.41, 5.74) is 1.96. The van der Waals surface area contributed by atoms with Crippen molar-refractivity contribution in [3.05, 3.63) is 17.7 Å². The molecule has 0 amide bonds. The molecule has 5 nitrogen and oxygen atoms in total. The van der Waals surface area contributed by atoms with Crippen molar-refractivity contribution in [2.24, 2.45) is 0 Å². The van der Waals surface area contributed by atoms with Gasteiger partial charge in [-0.25, -0.2) is 0 Å². The first-order valence-electron chi connectivity index (χ1n) is 5.13. The number of aliphatic carboxylic acids is 1. The van der Waals surface area contributed by atoms with Gasteiger partial charge in [-0.1, -0.05) is 0 Å². The normalized spacial score (nSPS) is 20.4. The SMILES string of the molecule is O=C(O)CC1CNc2cc3c(cc21)OCO3. The second kappa shape index (κ2) is 3.30. The van der Waals surface area contributed by atoms with Crippen molar-refractivity contribution >= 4 is 11.7 Å². The molecule has 2 aliphatic heterocycles. The number of carbonyl (C=O) groups is 1. The number of rotatable bonds is 2. The van der Waals surface area contributed by atoms with Crippen LogP contribution in [0.5, 0.6) is 11.5 Å². The van der Waals surface area contributed by atoms with E-state index in [1.54, 1.807) is 0 Å². The molecule has 0 aromatic heterocycles. The van der Waals surface area contributed by atoms with Gasteiger partial charge >= 0.3 is 5.97 Å². The lowest BCUT2D eigenvalue weighted by molar-refractivity contribution is -0.137. The van der Waals surface area contributed by atoms with Crippen LogP contribution in [0.4, 0.5) is 5.69 Å². The molecule has 1 aromatic carbocycles. The van der Waals surface area contributed by atoms with Crippen LogP contribution in [-0.2, 0) is 4.79 Å². The fourth-order valence-electron chi connectivity index (χ4n) is 2.18. The summed E-state index contributed by atoms with van der Waals surface area (Å²) in [4.78, 5) is 10.7. The van der Waals surface area contributed by atoms with E-state index in [2.05, 4.69) is 5.32 Å². The first kappa shape index (κ1) is 9.33. The first-order valence-corrected chi connectivity index (χ1v) is 5.13. The maximum atomic E-state index is 10.7. The highest BCUT2D eigenvalue weighted by atomic mass is 16.7. The Morgan fingerprint density at radius 1 is 1.44 bits per heavy atom. The summed E-state index contributed by atoms with van der Waals surface area (Å²) in [6, 6.07) is 3.75. The van der Waals surface area contributed by atoms with Gasteiger partial charge in [0.05, 0.1) is 6.42 Å². The van der Waals surface area contributed by atoms with Gasteiger partial charge in [0.15, 0.2) is 11.5 Å². The monoisotopic (exact) mass is 221 g/mol. The summed E-state index contributed by atoms with van der Waals surface area (Å²) in [5.74, 6) is 0.666. The van der Waals surface area contributed by atoms with Crippen LogP contribution in [-0.4, -0.2) is 24.4 Å². The molecule has 2 aliphatic rings. The molecule has 0 saturated heterocycles. The predicted octanol–water partition coefficient (Wildman–Crippen LogP) is 1.40. The number of carboxylic acid groups (broad SMARTS) is 1. The fraction of sp³-hybridized carbons (Fsp3) is 0.364. The van der Waals surface area contributed by atoms with Crippen LogP contribution in [0.1, 0.15) is 17.9 Å². The van der Waals surface area contributed by atoms with Crippen molar-refractivity contribution < 1.29 is 19.4 Å². The van der Waals surface area contributed by atoms with E-state index < -0.39 is 5.97 Å². The number of benzene rings is 1. The van der Waals surface area contributed by atoms with Gasteiger partial charge in [0.25, 0.3) is 0 Å². The van der Waals surface area contributed by atoms with Crippen LogP contribution < -0.4 is 14.8 Å². The van der Waals surface area contributed by atoms with Crippen LogP contribution >= 0.6 is 0 Å². The quantitative estimate of drug-likeness (QED) is 0.790. The molecule has 0 aliphatic carbocycles. The minimum absolute atomic E-state index is 0.0157. The standard InChI is InChI=1S/C11H11NO4/c13-11(14)1-6-4-12-8-3-10-9(2-7(6)8)15-5-16-10/h2-3,6,12H,1,4-5H2,(H,13,14). The van der Waals surface area contributed by atoms with Crippen molar-refractivity contribution in [2.45, 2.75) is 12.3 Å². The van der Waals surface area contributed by atoms with E-state index >= 15 is 0 Å². The minimum atomic E-state index is -0.780. The summed E-state index contributed by atoms with van der Waals surface area (Å²) < 4.78 is 10.5. The molecule has 2 N–H and O–H groups in total. The number of ether oxygens (including phenoxy) is 2. The van der Waals surface area contributed by atoms with Crippen LogP contribution in [0, 0.1) is 0 Å². The molecule has 5 heteroatoms. The van der Waals surface area contributed by atoms with Crippen molar-refractivity contribution in [3.63, 3.8) is 0 Å². The second-order valence-corrected chi connectivity index (χ2v) is 3.97. The van der Waals surface area contributed by atoms with E-state index in [1.165, 1.54) is 0 Å².